The third kappa shape index (κ3) is 4.74. The van der Waals surface area contributed by atoms with Crippen molar-refractivity contribution in [2.45, 2.75) is 79.3 Å². The van der Waals surface area contributed by atoms with Crippen molar-refractivity contribution in [3.8, 4) is 5.75 Å². The van der Waals surface area contributed by atoms with Crippen LogP contribution in [-0.2, 0) is 26.2 Å². The second kappa shape index (κ2) is 9.96. The van der Waals surface area contributed by atoms with Gasteiger partial charge in [0.15, 0.2) is 11.2 Å². The van der Waals surface area contributed by atoms with Crippen LogP contribution in [0.25, 0.3) is 11.2 Å². The van der Waals surface area contributed by atoms with Gasteiger partial charge < -0.3 is 14.4 Å². The lowest BCUT2D eigenvalue weighted by atomic mass is 10.2. The quantitative estimate of drug-likeness (QED) is 0.536. The maximum absolute atomic E-state index is 13.4. The van der Waals surface area contributed by atoms with Crippen molar-refractivity contribution in [2.75, 3.05) is 0 Å². The Bertz CT molecular complexity index is 1140. The van der Waals surface area contributed by atoms with Gasteiger partial charge in [0.1, 0.15) is 18.2 Å². The van der Waals surface area contributed by atoms with Crippen molar-refractivity contribution in [3.05, 3.63) is 56.5 Å². The standard InChI is InChI=1S/C23H32N4O4/c1-5-7-13-26-21-20(25(12-6-2)19(15-28)24-21)22(29)27(23(26)30)14-17-8-10-18(11-9-17)31-16(3)4/h8-11,16,28H,5-7,12-15H2,1-4H3. The highest BCUT2D eigenvalue weighted by molar-refractivity contribution is 5.71. The normalized spacial score (nSPS) is 11.5. The van der Waals surface area contributed by atoms with E-state index in [1.807, 2.05) is 52.0 Å². The molecule has 0 aliphatic carbocycles. The number of hydrogen-bond acceptors (Lipinski definition) is 5. The summed E-state index contributed by atoms with van der Waals surface area (Å²) in [6.45, 7) is 8.87. The number of imidazole rings is 1. The molecule has 3 aromatic rings. The molecule has 168 valence electrons. The Morgan fingerprint density at radius 1 is 1.00 bits per heavy atom. The van der Waals surface area contributed by atoms with E-state index in [-0.39, 0.29) is 30.5 Å². The van der Waals surface area contributed by atoms with Crippen LogP contribution < -0.4 is 16.0 Å². The average Bonchev–Trinajstić information content (AvgIpc) is 3.10. The molecule has 0 amide bonds. The van der Waals surface area contributed by atoms with Gasteiger partial charge in [-0.1, -0.05) is 32.4 Å². The fourth-order valence-corrected chi connectivity index (χ4v) is 3.71. The lowest BCUT2D eigenvalue weighted by molar-refractivity contribution is 0.242. The van der Waals surface area contributed by atoms with Gasteiger partial charge in [0, 0.05) is 13.1 Å². The molecule has 0 fully saturated rings. The van der Waals surface area contributed by atoms with Crippen LogP contribution in [0.5, 0.6) is 5.75 Å². The lowest BCUT2D eigenvalue weighted by Crippen LogP contribution is -2.41. The van der Waals surface area contributed by atoms with Crippen LogP contribution in [0.1, 0.15) is 58.3 Å². The molecule has 0 atom stereocenters. The van der Waals surface area contributed by atoms with Crippen LogP contribution in [-0.4, -0.2) is 29.9 Å². The molecule has 3 rings (SSSR count). The van der Waals surface area contributed by atoms with Gasteiger partial charge in [-0.2, -0.15) is 0 Å². The van der Waals surface area contributed by atoms with Crippen LogP contribution in [0.4, 0.5) is 0 Å². The molecule has 0 unspecified atom stereocenters. The first-order valence-corrected chi connectivity index (χ1v) is 11.0. The average molecular weight is 429 g/mol. The molecule has 0 aliphatic rings. The summed E-state index contributed by atoms with van der Waals surface area (Å²) in [4.78, 5) is 31.1. The van der Waals surface area contributed by atoms with Crippen LogP contribution in [0, 0.1) is 0 Å². The third-order valence-corrected chi connectivity index (χ3v) is 5.15. The number of ether oxygens (including phenoxy) is 1. The van der Waals surface area contributed by atoms with Crippen molar-refractivity contribution in [2.24, 2.45) is 0 Å². The molecule has 0 saturated carbocycles. The number of aliphatic hydroxyl groups is 1. The van der Waals surface area contributed by atoms with Gasteiger partial charge >= 0.3 is 5.69 Å². The third-order valence-electron chi connectivity index (χ3n) is 5.15. The first-order valence-electron chi connectivity index (χ1n) is 11.0. The highest BCUT2D eigenvalue weighted by atomic mass is 16.5. The summed E-state index contributed by atoms with van der Waals surface area (Å²) >= 11 is 0. The highest BCUT2D eigenvalue weighted by Gasteiger charge is 2.21. The Balaban J connectivity index is 2.15. The number of aromatic nitrogens is 4. The first kappa shape index (κ1) is 22.8. The minimum Gasteiger partial charge on any atom is -0.491 e. The Hall–Kier alpha value is -2.87. The fourth-order valence-electron chi connectivity index (χ4n) is 3.71. The van der Waals surface area contributed by atoms with E-state index in [9.17, 15) is 14.7 Å². The van der Waals surface area contributed by atoms with Gasteiger partial charge in [-0.3, -0.25) is 13.9 Å². The van der Waals surface area contributed by atoms with Crippen molar-refractivity contribution >= 4 is 11.2 Å². The largest absolute Gasteiger partial charge is 0.491 e. The zero-order valence-electron chi connectivity index (χ0n) is 18.8. The SMILES string of the molecule is CCCCn1c(=O)n(Cc2ccc(OC(C)C)cc2)c(=O)c2c1nc(CO)n2CCC. The highest BCUT2D eigenvalue weighted by Crippen LogP contribution is 2.16. The lowest BCUT2D eigenvalue weighted by Gasteiger charge is -2.13. The van der Waals surface area contributed by atoms with Gasteiger partial charge in [-0.15, -0.1) is 0 Å². The summed E-state index contributed by atoms with van der Waals surface area (Å²) in [5.74, 6) is 1.15. The summed E-state index contributed by atoms with van der Waals surface area (Å²) in [5, 5.41) is 9.77. The van der Waals surface area contributed by atoms with E-state index in [0.29, 0.717) is 30.1 Å². The Morgan fingerprint density at radius 2 is 1.71 bits per heavy atom. The number of nitrogens with zero attached hydrogens (tertiary/aromatic N) is 4. The summed E-state index contributed by atoms with van der Waals surface area (Å²) in [6.07, 6.45) is 2.56. The van der Waals surface area contributed by atoms with E-state index in [1.54, 1.807) is 9.13 Å². The molecule has 8 nitrogen and oxygen atoms in total. The first-order chi connectivity index (χ1) is 14.9. The van der Waals surface area contributed by atoms with E-state index >= 15 is 0 Å². The molecule has 0 aliphatic heterocycles. The smallest absolute Gasteiger partial charge is 0.333 e. The molecular formula is C23H32N4O4. The number of rotatable bonds is 10. The van der Waals surface area contributed by atoms with Gasteiger partial charge in [-0.25, -0.2) is 9.78 Å². The maximum atomic E-state index is 13.4. The topological polar surface area (TPSA) is 91.3 Å². The van der Waals surface area contributed by atoms with Crippen molar-refractivity contribution in [3.63, 3.8) is 0 Å². The summed E-state index contributed by atoms with van der Waals surface area (Å²) < 4.78 is 10.3. The van der Waals surface area contributed by atoms with E-state index < -0.39 is 0 Å². The molecule has 1 N–H and O–H groups in total. The molecule has 31 heavy (non-hydrogen) atoms. The maximum Gasteiger partial charge on any atom is 0.333 e. The summed E-state index contributed by atoms with van der Waals surface area (Å²) in [7, 11) is 0. The van der Waals surface area contributed by atoms with Crippen molar-refractivity contribution < 1.29 is 9.84 Å². The molecule has 0 radical (unpaired) electrons. The molecule has 2 heterocycles. The monoisotopic (exact) mass is 428 g/mol. The molecule has 8 heteroatoms. The van der Waals surface area contributed by atoms with E-state index in [4.69, 9.17) is 4.74 Å². The van der Waals surface area contributed by atoms with E-state index in [0.717, 1.165) is 30.6 Å². The molecule has 1 aromatic carbocycles. The zero-order valence-corrected chi connectivity index (χ0v) is 18.8. The second-order valence-electron chi connectivity index (χ2n) is 8.00. The van der Waals surface area contributed by atoms with Gasteiger partial charge in [0.05, 0.1) is 12.6 Å². The number of hydrogen-bond donors (Lipinski definition) is 1. The Kier molecular flexibility index (Phi) is 7.33. The second-order valence-corrected chi connectivity index (χ2v) is 8.00. The Morgan fingerprint density at radius 3 is 2.29 bits per heavy atom. The minimum atomic E-state index is -0.379. The predicted molar refractivity (Wildman–Crippen MR) is 121 cm³/mol. The number of aryl methyl sites for hydroxylation is 2. The number of fused-ring (bicyclic) bond motifs is 1. The molecule has 2 aromatic heterocycles. The van der Waals surface area contributed by atoms with Crippen LogP contribution in [0.15, 0.2) is 33.9 Å². The van der Waals surface area contributed by atoms with Gasteiger partial charge in [0.2, 0.25) is 0 Å². The summed E-state index contributed by atoms with van der Waals surface area (Å²) in [6, 6.07) is 7.43. The van der Waals surface area contributed by atoms with Crippen LogP contribution in [0.2, 0.25) is 0 Å². The van der Waals surface area contributed by atoms with Gasteiger partial charge in [0.25, 0.3) is 5.56 Å². The summed E-state index contributed by atoms with van der Waals surface area (Å²) in [5.41, 5.74) is 0.815. The predicted octanol–water partition coefficient (Wildman–Crippen LogP) is 2.90. The molecule has 0 bridgehead atoms. The van der Waals surface area contributed by atoms with Crippen LogP contribution >= 0.6 is 0 Å². The fraction of sp³-hybridized carbons (Fsp3) is 0.522. The molecule has 0 spiro atoms. The molecule has 0 saturated heterocycles. The van der Waals surface area contributed by atoms with Gasteiger partial charge in [-0.05, 0) is 44.4 Å². The van der Waals surface area contributed by atoms with E-state index in [1.165, 1.54) is 4.57 Å². The zero-order chi connectivity index (χ0) is 22.5. The minimum absolute atomic E-state index is 0.0706. The van der Waals surface area contributed by atoms with Crippen molar-refractivity contribution in [1.82, 2.24) is 18.7 Å². The van der Waals surface area contributed by atoms with E-state index in [2.05, 4.69) is 4.98 Å². The number of unbranched alkanes of at least 4 members (excludes halogenated alkanes) is 1. The van der Waals surface area contributed by atoms with Crippen molar-refractivity contribution in [1.29, 1.82) is 0 Å². The Labute approximate surface area is 181 Å². The molecular weight excluding hydrogens is 396 g/mol. The van der Waals surface area contributed by atoms with Crippen LogP contribution in [0.3, 0.4) is 0 Å². The number of aliphatic hydroxyl groups excluding tert-OH is 1. The number of benzene rings is 1.